The third-order valence-electron chi connectivity index (χ3n) is 3.34. The Morgan fingerprint density at radius 3 is 2.69 bits per heavy atom. The number of ether oxygens (including phenoxy) is 2. The molecule has 0 heterocycles. The van der Waals surface area contributed by atoms with Crippen LogP contribution in [0.25, 0.3) is 0 Å². The number of oxime groups is 1. The molecule has 2 rings (SSSR count). The lowest BCUT2D eigenvalue weighted by Crippen LogP contribution is -2.28. The number of thioether (sulfide) groups is 1. The quantitative estimate of drug-likeness (QED) is 0.300. The standard InChI is InChI=1S/C19H22N2O4S/c1-23-16-8-9-18(24-2)15(12-16)13-21-25-14-19(22)20-10-11-26-17-6-4-3-5-7-17/h3-9,12-13H,10-11,14H2,1-2H3,(H,20,22)/b21-13-. The van der Waals surface area contributed by atoms with Gasteiger partial charge >= 0.3 is 0 Å². The fourth-order valence-electron chi connectivity index (χ4n) is 2.06. The molecule has 0 bridgehead atoms. The van der Waals surface area contributed by atoms with Crippen LogP contribution < -0.4 is 14.8 Å². The smallest absolute Gasteiger partial charge is 0.260 e. The number of nitrogens with one attached hydrogen (secondary N) is 1. The lowest BCUT2D eigenvalue weighted by Gasteiger charge is -2.07. The highest BCUT2D eigenvalue weighted by molar-refractivity contribution is 7.99. The van der Waals surface area contributed by atoms with E-state index in [2.05, 4.69) is 10.5 Å². The van der Waals surface area contributed by atoms with E-state index >= 15 is 0 Å². The van der Waals surface area contributed by atoms with Crippen LogP contribution in [0, 0.1) is 0 Å². The third-order valence-corrected chi connectivity index (χ3v) is 4.35. The minimum Gasteiger partial charge on any atom is -0.497 e. The van der Waals surface area contributed by atoms with Crippen molar-refractivity contribution >= 4 is 23.9 Å². The van der Waals surface area contributed by atoms with Gasteiger partial charge in [-0.05, 0) is 30.3 Å². The fraction of sp³-hybridized carbons (Fsp3) is 0.263. The molecule has 0 saturated heterocycles. The zero-order valence-corrected chi connectivity index (χ0v) is 15.6. The van der Waals surface area contributed by atoms with E-state index in [1.54, 1.807) is 44.2 Å². The van der Waals surface area contributed by atoms with Gasteiger partial charge in [-0.1, -0.05) is 23.4 Å². The molecule has 0 unspecified atom stereocenters. The maximum absolute atomic E-state index is 11.7. The Kier molecular flexibility index (Phi) is 8.35. The average Bonchev–Trinajstić information content (AvgIpc) is 2.69. The van der Waals surface area contributed by atoms with E-state index in [1.807, 2.05) is 30.3 Å². The molecule has 0 aromatic heterocycles. The summed E-state index contributed by atoms with van der Waals surface area (Å²) < 4.78 is 10.4. The van der Waals surface area contributed by atoms with Crippen molar-refractivity contribution in [2.45, 2.75) is 4.90 Å². The monoisotopic (exact) mass is 374 g/mol. The first kappa shape index (κ1) is 19.7. The summed E-state index contributed by atoms with van der Waals surface area (Å²) in [6.07, 6.45) is 1.49. The van der Waals surface area contributed by atoms with Crippen molar-refractivity contribution in [3.8, 4) is 11.5 Å². The molecule has 2 aromatic rings. The number of hydrogen-bond donors (Lipinski definition) is 1. The number of carbonyl (C=O) groups excluding carboxylic acids is 1. The van der Waals surface area contributed by atoms with Crippen LogP contribution in [0.1, 0.15) is 5.56 Å². The van der Waals surface area contributed by atoms with Gasteiger partial charge in [0, 0.05) is 22.8 Å². The molecular weight excluding hydrogens is 352 g/mol. The van der Waals surface area contributed by atoms with Gasteiger partial charge in [0.25, 0.3) is 5.91 Å². The van der Waals surface area contributed by atoms with Crippen LogP contribution in [-0.2, 0) is 9.63 Å². The van der Waals surface area contributed by atoms with Crippen molar-refractivity contribution in [1.82, 2.24) is 5.32 Å². The summed E-state index contributed by atoms with van der Waals surface area (Å²) in [7, 11) is 3.15. The van der Waals surface area contributed by atoms with Gasteiger partial charge in [-0.3, -0.25) is 4.79 Å². The first-order valence-electron chi connectivity index (χ1n) is 8.05. The molecule has 6 nitrogen and oxygen atoms in total. The van der Waals surface area contributed by atoms with Crippen LogP contribution in [0.2, 0.25) is 0 Å². The SMILES string of the molecule is COc1ccc(OC)c(/C=N\OCC(=O)NCCSc2ccccc2)c1. The van der Waals surface area contributed by atoms with Gasteiger partial charge in [-0.25, -0.2) is 0 Å². The zero-order valence-electron chi connectivity index (χ0n) is 14.8. The van der Waals surface area contributed by atoms with E-state index in [0.717, 1.165) is 5.75 Å². The molecule has 0 aliphatic rings. The van der Waals surface area contributed by atoms with Gasteiger partial charge in [0.2, 0.25) is 0 Å². The van der Waals surface area contributed by atoms with Gasteiger partial charge in [0.05, 0.1) is 20.4 Å². The number of nitrogens with zero attached hydrogens (tertiary/aromatic N) is 1. The first-order chi connectivity index (χ1) is 12.7. The topological polar surface area (TPSA) is 69.1 Å². The molecule has 138 valence electrons. The predicted octanol–water partition coefficient (Wildman–Crippen LogP) is 2.96. The first-order valence-corrected chi connectivity index (χ1v) is 9.03. The lowest BCUT2D eigenvalue weighted by atomic mass is 10.2. The van der Waals surface area contributed by atoms with Crippen LogP contribution in [0.15, 0.2) is 58.6 Å². The van der Waals surface area contributed by atoms with Crippen molar-refractivity contribution in [2.75, 3.05) is 33.1 Å². The molecule has 0 atom stereocenters. The normalized spacial score (nSPS) is 10.5. The number of amides is 1. The second kappa shape index (κ2) is 11.0. The fourth-order valence-corrected chi connectivity index (χ4v) is 2.85. The second-order valence-electron chi connectivity index (χ2n) is 5.13. The molecular formula is C19H22N2O4S. The van der Waals surface area contributed by atoms with Crippen LogP contribution in [0.3, 0.4) is 0 Å². The largest absolute Gasteiger partial charge is 0.497 e. The zero-order chi connectivity index (χ0) is 18.6. The Labute approximate surface area is 157 Å². The highest BCUT2D eigenvalue weighted by Gasteiger charge is 2.04. The van der Waals surface area contributed by atoms with Gasteiger partial charge in [-0.2, -0.15) is 0 Å². The molecule has 0 fully saturated rings. The van der Waals surface area contributed by atoms with Crippen LogP contribution in [0.5, 0.6) is 11.5 Å². The summed E-state index contributed by atoms with van der Waals surface area (Å²) in [4.78, 5) is 17.9. The highest BCUT2D eigenvalue weighted by Crippen LogP contribution is 2.22. The van der Waals surface area contributed by atoms with E-state index in [4.69, 9.17) is 14.3 Å². The average molecular weight is 374 g/mol. The Morgan fingerprint density at radius 1 is 1.15 bits per heavy atom. The number of methoxy groups -OCH3 is 2. The molecule has 0 aliphatic heterocycles. The van der Waals surface area contributed by atoms with Gasteiger partial charge in [0.15, 0.2) is 6.61 Å². The number of carbonyl (C=O) groups is 1. The third kappa shape index (κ3) is 6.68. The number of hydrogen-bond acceptors (Lipinski definition) is 6. The minimum absolute atomic E-state index is 0.140. The van der Waals surface area contributed by atoms with Crippen molar-refractivity contribution in [2.24, 2.45) is 5.16 Å². The maximum Gasteiger partial charge on any atom is 0.260 e. The van der Waals surface area contributed by atoms with E-state index in [9.17, 15) is 4.79 Å². The van der Waals surface area contributed by atoms with Crippen LogP contribution in [0.4, 0.5) is 0 Å². The summed E-state index contributed by atoms with van der Waals surface area (Å²) >= 11 is 1.68. The van der Waals surface area contributed by atoms with Crippen LogP contribution >= 0.6 is 11.8 Å². The summed E-state index contributed by atoms with van der Waals surface area (Å²) in [6, 6.07) is 15.4. The molecule has 26 heavy (non-hydrogen) atoms. The molecule has 0 spiro atoms. The van der Waals surface area contributed by atoms with Crippen molar-refractivity contribution in [3.05, 3.63) is 54.1 Å². The van der Waals surface area contributed by atoms with Gasteiger partial charge in [0.1, 0.15) is 11.5 Å². The van der Waals surface area contributed by atoms with Gasteiger partial charge in [-0.15, -0.1) is 11.8 Å². The van der Waals surface area contributed by atoms with Crippen LogP contribution in [-0.4, -0.2) is 45.2 Å². The molecule has 7 heteroatoms. The summed E-state index contributed by atoms with van der Waals surface area (Å²) in [5.41, 5.74) is 0.700. The molecule has 0 radical (unpaired) electrons. The maximum atomic E-state index is 11.7. The Bertz CT molecular complexity index is 723. The predicted molar refractivity (Wildman–Crippen MR) is 103 cm³/mol. The Hall–Kier alpha value is -2.67. The van der Waals surface area contributed by atoms with Gasteiger partial charge < -0.3 is 19.6 Å². The molecule has 2 aromatic carbocycles. The summed E-state index contributed by atoms with van der Waals surface area (Å²) in [5.74, 6) is 1.90. The minimum atomic E-state index is -0.214. The number of rotatable bonds is 10. The molecule has 0 aliphatic carbocycles. The molecule has 0 saturated carbocycles. The summed E-state index contributed by atoms with van der Waals surface area (Å²) in [5, 5.41) is 6.60. The Balaban J connectivity index is 1.68. The molecule has 1 amide bonds. The Morgan fingerprint density at radius 2 is 1.96 bits per heavy atom. The molecule has 1 N–H and O–H groups in total. The van der Waals surface area contributed by atoms with E-state index in [0.29, 0.717) is 23.6 Å². The van der Waals surface area contributed by atoms with E-state index < -0.39 is 0 Å². The number of benzene rings is 2. The lowest BCUT2D eigenvalue weighted by molar-refractivity contribution is -0.125. The van der Waals surface area contributed by atoms with Crippen molar-refractivity contribution in [1.29, 1.82) is 0 Å². The van der Waals surface area contributed by atoms with Crippen molar-refractivity contribution in [3.63, 3.8) is 0 Å². The van der Waals surface area contributed by atoms with Crippen molar-refractivity contribution < 1.29 is 19.1 Å². The van der Waals surface area contributed by atoms with E-state index in [-0.39, 0.29) is 12.5 Å². The highest BCUT2D eigenvalue weighted by atomic mass is 32.2. The van der Waals surface area contributed by atoms with E-state index in [1.165, 1.54) is 11.1 Å². The summed E-state index contributed by atoms with van der Waals surface area (Å²) in [6.45, 7) is 0.425. The second-order valence-corrected chi connectivity index (χ2v) is 6.30.